The average Bonchev–Trinajstić information content (AvgIpc) is 3.16. The Balaban J connectivity index is 1.53. The first-order valence-corrected chi connectivity index (χ1v) is 9.37. The molecule has 1 amide bonds. The fraction of sp³-hybridized carbons (Fsp3) is 0.476. The number of hydrogen-bond acceptors (Lipinski definition) is 4. The number of nitrogens with one attached hydrogen (secondary N) is 1. The Labute approximate surface area is 155 Å². The Kier molecular flexibility index (Phi) is 6.34. The van der Waals surface area contributed by atoms with Crippen molar-refractivity contribution in [2.75, 3.05) is 26.2 Å². The summed E-state index contributed by atoms with van der Waals surface area (Å²) in [6, 6.07) is 9.92. The zero-order valence-electron chi connectivity index (χ0n) is 15.7. The molecule has 1 aromatic carbocycles. The standard InChI is InChI=1S/C21H28N2O3/c1-16-8-9-19(17(2)13-16)26-15-21(24)22-14-18(20-7-6-12-25-20)23-10-4-3-5-11-23/h6-9,12-13,18H,3-5,10-11,14-15H2,1-2H3,(H,22,24). The van der Waals surface area contributed by atoms with Crippen LogP contribution in [0, 0.1) is 13.8 Å². The smallest absolute Gasteiger partial charge is 0.258 e. The van der Waals surface area contributed by atoms with Crippen LogP contribution in [-0.2, 0) is 4.79 Å². The van der Waals surface area contributed by atoms with Gasteiger partial charge in [0.05, 0.1) is 12.3 Å². The number of carbonyl (C=O) groups excluding carboxylic acids is 1. The van der Waals surface area contributed by atoms with Crippen LogP contribution in [0.1, 0.15) is 42.2 Å². The predicted molar refractivity (Wildman–Crippen MR) is 101 cm³/mol. The highest BCUT2D eigenvalue weighted by Crippen LogP contribution is 2.24. The van der Waals surface area contributed by atoms with Gasteiger partial charge < -0.3 is 14.5 Å². The van der Waals surface area contributed by atoms with Gasteiger partial charge >= 0.3 is 0 Å². The van der Waals surface area contributed by atoms with Crippen LogP contribution < -0.4 is 10.1 Å². The lowest BCUT2D eigenvalue weighted by Gasteiger charge is -2.33. The Morgan fingerprint density at radius 3 is 2.73 bits per heavy atom. The molecule has 140 valence electrons. The average molecular weight is 356 g/mol. The third-order valence-corrected chi connectivity index (χ3v) is 4.88. The fourth-order valence-corrected chi connectivity index (χ4v) is 3.49. The van der Waals surface area contributed by atoms with Crippen molar-refractivity contribution in [2.24, 2.45) is 0 Å². The summed E-state index contributed by atoms with van der Waals surface area (Å²) in [6.45, 7) is 6.67. The van der Waals surface area contributed by atoms with Crippen LogP contribution in [0.4, 0.5) is 0 Å². The minimum atomic E-state index is -0.112. The van der Waals surface area contributed by atoms with Gasteiger partial charge in [-0.15, -0.1) is 0 Å². The van der Waals surface area contributed by atoms with E-state index in [4.69, 9.17) is 9.15 Å². The summed E-state index contributed by atoms with van der Waals surface area (Å²) in [5.74, 6) is 1.55. The number of benzene rings is 1. The number of ether oxygens (including phenoxy) is 1. The maximum Gasteiger partial charge on any atom is 0.258 e. The number of aryl methyl sites for hydroxylation is 2. The molecule has 1 aliphatic rings. The topological polar surface area (TPSA) is 54.7 Å². The summed E-state index contributed by atoms with van der Waals surface area (Å²) >= 11 is 0. The van der Waals surface area contributed by atoms with Crippen molar-refractivity contribution in [1.29, 1.82) is 0 Å². The Bertz CT molecular complexity index is 706. The molecule has 0 saturated carbocycles. The lowest BCUT2D eigenvalue weighted by molar-refractivity contribution is -0.123. The molecule has 1 atom stereocenters. The van der Waals surface area contributed by atoms with Gasteiger partial charge in [0, 0.05) is 6.54 Å². The fourth-order valence-electron chi connectivity index (χ4n) is 3.49. The SMILES string of the molecule is Cc1ccc(OCC(=O)NCC(c2ccco2)N2CCCCC2)c(C)c1. The van der Waals surface area contributed by atoms with Crippen LogP contribution >= 0.6 is 0 Å². The molecule has 5 nitrogen and oxygen atoms in total. The van der Waals surface area contributed by atoms with Gasteiger partial charge in [0.1, 0.15) is 11.5 Å². The number of nitrogens with zero attached hydrogens (tertiary/aromatic N) is 1. The van der Waals surface area contributed by atoms with Crippen LogP contribution in [0.2, 0.25) is 0 Å². The summed E-state index contributed by atoms with van der Waals surface area (Å²) in [6.07, 6.45) is 5.36. The van der Waals surface area contributed by atoms with E-state index < -0.39 is 0 Å². The van der Waals surface area contributed by atoms with Crippen LogP contribution in [0.5, 0.6) is 5.75 Å². The number of hydrogen-bond donors (Lipinski definition) is 1. The molecule has 1 N–H and O–H groups in total. The third kappa shape index (κ3) is 4.88. The van der Waals surface area contributed by atoms with Gasteiger partial charge in [-0.1, -0.05) is 24.1 Å². The van der Waals surface area contributed by atoms with Crippen molar-refractivity contribution in [1.82, 2.24) is 10.2 Å². The normalized spacial score (nSPS) is 16.2. The van der Waals surface area contributed by atoms with E-state index in [0.29, 0.717) is 6.54 Å². The van der Waals surface area contributed by atoms with Gasteiger partial charge in [0.25, 0.3) is 5.91 Å². The second kappa shape index (κ2) is 8.90. The second-order valence-corrected chi connectivity index (χ2v) is 6.99. The van der Waals surface area contributed by atoms with Crippen molar-refractivity contribution in [3.8, 4) is 5.75 Å². The van der Waals surface area contributed by atoms with Crippen molar-refractivity contribution in [3.05, 3.63) is 53.5 Å². The molecule has 0 aliphatic carbocycles. The largest absolute Gasteiger partial charge is 0.484 e. The van der Waals surface area contributed by atoms with Crippen molar-refractivity contribution in [2.45, 2.75) is 39.2 Å². The molecule has 1 aliphatic heterocycles. The van der Waals surface area contributed by atoms with Crippen LogP contribution in [0.25, 0.3) is 0 Å². The predicted octanol–water partition coefficient (Wildman–Crippen LogP) is 3.62. The van der Waals surface area contributed by atoms with Gasteiger partial charge in [-0.05, 0) is 63.5 Å². The lowest BCUT2D eigenvalue weighted by Crippen LogP contribution is -2.41. The molecule has 5 heteroatoms. The van der Waals surface area contributed by atoms with Gasteiger partial charge in [-0.2, -0.15) is 0 Å². The number of rotatable bonds is 7. The molecule has 2 aromatic rings. The molecule has 1 aromatic heterocycles. The van der Waals surface area contributed by atoms with Gasteiger partial charge in [-0.3, -0.25) is 9.69 Å². The minimum absolute atomic E-state index is 0.0226. The molecule has 1 fully saturated rings. The molecule has 2 heterocycles. The van der Waals surface area contributed by atoms with E-state index in [-0.39, 0.29) is 18.6 Å². The molecular formula is C21H28N2O3. The maximum atomic E-state index is 12.3. The monoisotopic (exact) mass is 356 g/mol. The van der Waals surface area contributed by atoms with Crippen LogP contribution in [0.15, 0.2) is 41.0 Å². The molecule has 1 unspecified atom stereocenters. The number of piperidine rings is 1. The highest BCUT2D eigenvalue weighted by Gasteiger charge is 2.24. The van der Waals surface area contributed by atoms with Crippen LogP contribution in [0.3, 0.4) is 0 Å². The maximum absolute atomic E-state index is 12.3. The van der Waals surface area contributed by atoms with E-state index in [9.17, 15) is 4.79 Å². The Morgan fingerprint density at radius 1 is 1.23 bits per heavy atom. The molecule has 3 rings (SSSR count). The first-order chi connectivity index (χ1) is 12.6. The van der Waals surface area contributed by atoms with E-state index in [1.807, 2.05) is 38.1 Å². The molecule has 0 radical (unpaired) electrons. The van der Waals surface area contributed by atoms with Gasteiger partial charge in [0.15, 0.2) is 6.61 Å². The second-order valence-electron chi connectivity index (χ2n) is 6.99. The van der Waals surface area contributed by atoms with E-state index in [1.54, 1.807) is 6.26 Å². The Morgan fingerprint density at radius 2 is 2.04 bits per heavy atom. The summed E-state index contributed by atoms with van der Waals surface area (Å²) in [5, 5.41) is 3.00. The van der Waals surface area contributed by atoms with Gasteiger partial charge in [0.2, 0.25) is 0 Å². The highest BCUT2D eigenvalue weighted by molar-refractivity contribution is 5.77. The molecular weight excluding hydrogens is 328 g/mol. The summed E-state index contributed by atoms with van der Waals surface area (Å²) in [5.41, 5.74) is 2.22. The zero-order valence-corrected chi connectivity index (χ0v) is 15.7. The first kappa shape index (κ1) is 18.5. The lowest BCUT2D eigenvalue weighted by atomic mass is 10.1. The molecule has 0 bridgehead atoms. The molecule has 0 spiro atoms. The summed E-state index contributed by atoms with van der Waals surface area (Å²) in [4.78, 5) is 14.7. The number of likely N-dealkylation sites (tertiary alicyclic amines) is 1. The van der Waals surface area contributed by atoms with Crippen molar-refractivity contribution in [3.63, 3.8) is 0 Å². The molecule has 1 saturated heterocycles. The summed E-state index contributed by atoms with van der Waals surface area (Å²) in [7, 11) is 0. The highest BCUT2D eigenvalue weighted by atomic mass is 16.5. The number of carbonyl (C=O) groups is 1. The summed E-state index contributed by atoms with van der Waals surface area (Å²) < 4.78 is 11.3. The van der Waals surface area contributed by atoms with Crippen molar-refractivity contribution >= 4 is 5.91 Å². The van der Waals surface area contributed by atoms with E-state index in [2.05, 4.69) is 16.3 Å². The first-order valence-electron chi connectivity index (χ1n) is 9.37. The molecule has 26 heavy (non-hydrogen) atoms. The quantitative estimate of drug-likeness (QED) is 0.823. The van der Waals surface area contributed by atoms with E-state index in [0.717, 1.165) is 30.2 Å². The van der Waals surface area contributed by atoms with Crippen molar-refractivity contribution < 1.29 is 13.9 Å². The van der Waals surface area contributed by atoms with Crippen LogP contribution in [-0.4, -0.2) is 37.0 Å². The zero-order chi connectivity index (χ0) is 18.4. The minimum Gasteiger partial charge on any atom is -0.484 e. The van der Waals surface area contributed by atoms with Gasteiger partial charge in [-0.25, -0.2) is 0 Å². The van der Waals surface area contributed by atoms with E-state index >= 15 is 0 Å². The number of amides is 1. The third-order valence-electron chi connectivity index (χ3n) is 4.88. The number of furan rings is 1. The van der Waals surface area contributed by atoms with E-state index in [1.165, 1.54) is 24.8 Å². The Hall–Kier alpha value is -2.27.